The van der Waals surface area contributed by atoms with Crippen molar-refractivity contribution in [2.24, 2.45) is 0 Å². The molecule has 2 aromatic carbocycles. The first-order chi connectivity index (χ1) is 13.1. The van der Waals surface area contributed by atoms with Crippen molar-refractivity contribution in [1.29, 1.82) is 0 Å². The average Bonchev–Trinajstić information content (AvgIpc) is 2.67. The molecule has 0 saturated heterocycles. The molecule has 1 aromatic heterocycles. The molecule has 0 fully saturated rings. The fourth-order valence-electron chi connectivity index (χ4n) is 2.47. The molecule has 0 aliphatic heterocycles. The van der Waals surface area contributed by atoms with Crippen molar-refractivity contribution >= 4 is 29.1 Å². The normalized spacial score (nSPS) is 10.2. The minimum absolute atomic E-state index is 0.371. The van der Waals surface area contributed by atoms with Crippen LogP contribution >= 0.6 is 0 Å². The maximum Gasteiger partial charge on any atom is 0.337 e. The molecule has 0 radical (unpaired) electrons. The molecule has 3 aromatic rings. The highest BCUT2D eigenvalue weighted by molar-refractivity contribution is 5.89. The van der Waals surface area contributed by atoms with Crippen LogP contribution in [0.5, 0.6) is 5.75 Å². The first kappa shape index (κ1) is 18.2. The number of ether oxygens (including phenoxy) is 2. The summed E-state index contributed by atoms with van der Waals surface area (Å²) in [7, 11) is 2.98. The molecule has 0 atom stereocenters. The fraction of sp³-hybridized carbons (Fsp3) is 0.150. The number of hydrogen-bond acceptors (Lipinski definition) is 7. The molecule has 0 aliphatic rings. The Morgan fingerprint density at radius 3 is 2.41 bits per heavy atom. The van der Waals surface area contributed by atoms with Gasteiger partial charge in [-0.1, -0.05) is 6.07 Å². The molecule has 0 amide bonds. The number of hydrogen-bond donors (Lipinski definition) is 2. The van der Waals surface area contributed by atoms with E-state index in [1.807, 2.05) is 37.3 Å². The third kappa shape index (κ3) is 4.72. The van der Waals surface area contributed by atoms with E-state index in [0.717, 1.165) is 22.8 Å². The molecule has 7 heteroatoms. The maximum absolute atomic E-state index is 11.5. The van der Waals surface area contributed by atoms with Gasteiger partial charge in [-0.2, -0.15) is 4.98 Å². The SMILES string of the molecule is COC(=O)c1ccc(Nc2cc(C)nc(Nc3cccc(OC)c3)n2)cc1. The van der Waals surface area contributed by atoms with Gasteiger partial charge in [0.25, 0.3) is 0 Å². The number of nitrogens with one attached hydrogen (secondary N) is 2. The standard InChI is InChI=1S/C20H20N4O3/c1-13-11-18(22-15-9-7-14(8-10-15)19(25)27-3)24-20(21-13)23-16-5-4-6-17(12-16)26-2/h4-12H,1-3H3,(H2,21,22,23,24). The average molecular weight is 364 g/mol. The van der Waals surface area contributed by atoms with E-state index in [-0.39, 0.29) is 5.97 Å². The van der Waals surface area contributed by atoms with Gasteiger partial charge in [0.1, 0.15) is 11.6 Å². The van der Waals surface area contributed by atoms with Crippen LogP contribution in [-0.2, 0) is 4.74 Å². The molecule has 0 unspecified atom stereocenters. The van der Waals surface area contributed by atoms with E-state index in [4.69, 9.17) is 9.47 Å². The van der Waals surface area contributed by atoms with Crippen LogP contribution in [0.25, 0.3) is 0 Å². The quantitative estimate of drug-likeness (QED) is 0.638. The van der Waals surface area contributed by atoms with Crippen molar-refractivity contribution in [3.8, 4) is 5.75 Å². The summed E-state index contributed by atoms with van der Waals surface area (Å²) in [6, 6.07) is 16.3. The van der Waals surface area contributed by atoms with E-state index in [1.54, 1.807) is 31.4 Å². The number of carbonyl (C=O) groups excluding carboxylic acids is 1. The lowest BCUT2D eigenvalue weighted by Gasteiger charge is -2.11. The number of aryl methyl sites for hydroxylation is 1. The number of carbonyl (C=O) groups is 1. The summed E-state index contributed by atoms with van der Waals surface area (Å²) in [4.78, 5) is 20.4. The Bertz CT molecular complexity index is 942. The van der Waals surface area contributed by atoms with Crippen LogP contribution in [-0.4, -0.2) is 30.2 Å². The molecule has 0 bridgehead atoms. The second-order valence-electron chi connectivity index (χ2n) is 5.77. The van der Waals surface area contributed by atoms with E-state index >= 15 is 0 Å². The molecule has 2 N–H and O–H groups in total. The lowest BCUT2D eigenvalue weighted by molar-refractivity contribution is 0.0601. The van der Waals surface area contributed by atoms with Crippen LogP contribution in [0.15, 0.2) is 54.6 Å². The van der Waals surface area contributed by atoms with Crippen molar-refractivity contribution in [2.75, 3.05) is 24.9 Å². The van der Waals surface area contributed by atoms with Gasteiger partial charge in [-0.15, -0.1) is 0 Å². The van der Waals surface area contributed by atoms with Gasteiger partial charge >= 0.3 is 5.97 Å². The number of benzene rings is 2. The summed E-state index contributed by atoms with van der Waals surface area (Å²) in [6.07, 6.45) is 0. The molecule has 0 aliphatic carbocycles. The van der Waals surface area contributed by atoms with Crippen LogP contribution in [0.1, 0.15) is 16.1 Å². The lowest BCUT2D eigenvalue weighted by Crippen LogP contribution is -2.03. The second kappa shape index (κ2) is 8.18. The molecule has 1 heterocycles. The van der Waals surface area contributed by atoms with E-state index in [0.29, 0.717) is 17.3 Å². The van der Waals surface area contributed by atoms with Crippen LogP contribution in [0.3, 0.4) is 0 Å². The summed E-state index contributed by atoms with van der Waals surface area (Å²) in [5.41, 5.74) is 2.92. The minimum Gasteiger partial charge on any atom is -0.497 e. The third-order valence-corrected chi connectivity index (χ3v) is 3.76. The number of anilines is 4. The van der Waals surface area contributed by atoms with Gasteiger partial charge in [0, 0.05) is 29.2 Å². The zero-order valence-electron chi connectivity index (χ0n) is 15.3. The maximum atomic E-state index is 11.5. The Morgan fingerprint density at radius 2 is 1.70 bits per heavy atom. The van der Waals surface area contributed by atoms with Crippen LogP contribution in [0.2, 0.25) is 0 Å². The molecule has 7 nitrogen and oxygen atoms in total. The van der Waals surface area contributed by atoms with E-state index in [1.165, 1.54) is 7.11 Å². The first-order valence-electron chi connectivity index (χ1n) is 8.29. The van der Waals surface area contributed by atoms with Crippen molar-refractivity contribution in [2.45, 2.75) is 6.92 Å². The van der Waals surface area contributed by atoms with Gasteiger partial charge in [-0.3, -0.25) is 0 Å². The number of nitrogens with zero attached hydrogens (tertiary/aromatic N) is 2. The minimum atomic E-state index is -0.371. The smallest absolute Gasteiger partial charge is 0.337 e. The zero-order chi connectivity index (χ0) is 19.2. The molecule has 0 spiro atoms. The van der Waals surface area contributed by atoms with Gasteiger partial charge in [-0.05, 0) is 43.3 Å². The summed E-state index contributed by atoms with van der Waals surface area (Å²) in [6.45, 7) is 1.89. The number of rotatable bonds is 6. The second-order valence-corrected chi connectivity index (χ2v) is 5.77. The number of methoxy groups -OCH3 is 2. The highest BCUT2D eigenvalue weighted by atomic mass is 16.5. The van der Waals surface area contributed by atoms with Crippen molar-refractivity contribution < 1.29 is 14.3 Å². The number of aromatic nitrogens is 2. The monoisotopic (exact) mass is 364 g/mol. The van der Waals surface area contributed by atoms with Crippen molar-refractivity contribution in [3.63, 3.8) is 0 Å². The van der Waals surface area contributed by atoms with Crippen molar-refractivity contribution in [1.82, 2.24) is 9.97 Å². The zero-order valence-corrected chi connectivity index (χ0v) is 15.3. The van der Waals surface area contributed by atoms with Crippen molar-refractivity contribution in [3.05, 3.63) is 65.9 Å². The Labute approximate surface area is 157 Å². The van der Waals surface area contributed by atoms with E-state index in [2.05, 4.69) is 20.6 Å². The Kier molecular flexibility index (Phi) is 5.51. The summed E-state index contributed by atoms with van der Waals surface area (Å²) in [5, 5.41) is 6.38. The van der Waals surface area contributed by atoms with Gasteiger partial charge in [-0.25, -0.2) is 9.78 Å². The summed E-state index contributed by atoms with van der Waals surface area (Å²) >= 11 is 0. The summed E-state index contributed by atoms with van der Waals surface area (Å²) < 4.78 is 9.93. The molecule has 27 heavy (non-hydrogen) atoms. The molecule has 3 rings (SSSR count). The Hall–Kier alpha value is -3.61. The van der Waals surface area contributed by atoms with Gasteiger partial charge in [0.15, 0.2) is 0 Å². The molecule has 0 saturated carbocycles. The van der Waals surface area contributed by atoms with Gasteiger partial charge < -0.3 is 20.1 Å². The third-order valence-electron chi connectivity index (χ3n) is 3.76. The van der Waals surface area contributed by atoms with Crippen LogP contribution in [0.4, 0.5) is 23.1 Å². The highest BCUT2D eigenvalue weighted by Gasteiger charge is 2.07. The van der Waals surface area contributed by atoms with Crippen LogP contribution < -0.4 is 15.4 Å². The van der Waals surface area contributed by atoms with E-state index < -0.39 is 0 Å². The molecule has 138 valence electrons. The largest absolute Gasteiger partial charge is 0.497 e. The lowest BCUT2D eigenvalue weighted by atomic mass is 10.2. The first-order valence-corrected chi connectivity index (χ1v) is 8.29. The van der Waals surface area contributed by atoms with Gasteiger partial charge in [0.05, 0.1) is 19.8 Å². The van der Waals surface area contributed by atoms with E-state index in [9.17, 15) is 4.79 Å². The van der Waals surface area contributed by atoms with Crippen LogP contribution in [0, 0.1) is 6.92 Å². The topological polar surface area (TPSA) is 85.4 Å². The van der Waals surface area contributed by atoms with Gasteiger partial charge in [0.2, 0.25) is 5.95 Å². The predicted molar refractivity (Wildman–Crippen MR) is 104 cm³/mol. The number of esters is 1. The highest BCUT2D eigenvalue weighted by Crippen LogP contribution is 2.22. The Balaban J connectivity index is 1.77. The molecular formula is C20H20N4O3. The summed E-state index contributed by atoms with van der Waals surface area (Å²) in [5.74, 6) is 1.48. The Morgan fingerprint density at radius 1 is 0.926 bits per heavy atom. The fourth-order valence-corrected chi connectivity index (χ4v) is 2.47. The molecular weight excluding hydrogens is 344 g/mol. The predicted octanol–water partition coefficient (Wildman–Crippen LogP) is 4.07.